The standard InChI is InChI=1S/C15H16FNO3/c16-11-7-5-10(6-8-11)9-17-14(18)12-3-1-2-4-13(12)15(19)20/h1-2,5-8,12-13H,3-4,9H2,(H,17,18)(H,19,20)/p-1. The van der Waals surface area contributed by atoms with E-state index in [-0.39, 0.29) is 18.3 Å². The largest absolute Gasteiger partial charge is 0.550 e. The van der Waals surface area contributed by atoms with Gasteiger partial charge in [-0.25, -0.2) is 4.39 Å². The lowest BCUT2D eigenvalue weighted by atomic mass is 9.82. The van der Waals surface area contributed by atoms with Crippen molar-refractivity contribution in [2.45, 2.75) is 19.4 Å². The summed E-state index contributed by atoms with van der Waals surface area (Å²) in [6.07, 6.45) is 4.27. The molecule has 4 nitrogen and oxygen atoms in total. The van der Waals surface area contributed by atoms with Gasteiger partial charge >= 0.3 is 0 Å². The molecule has 0 spiro atoms. The first-order valence-electron chi connectivity index (χ1n) is 6.46. The summed E-state index contributed by atoms with van der Waals surface area (Å²) >= 11 is 0. The number of carbonyl (C=O) groups is 2. The Morgan fingerprint density at radius 3 is 2.35 bits per heavy atom. The van der Waals surface area contributed by atoms with Crippen molar-refractivity contribution in [3.05, 3.63) is 47.8 Å². The summed E-state index contributed by atoms with van der Waals surface area (Å²) in [6.45, 7) is 0.249. The Hall–Kier alpha value is -2.17. The number of amides is 1. The third kappa shape index (κ3) is 3.44. The van der Waals surface area contributed by atoms with Gasteiger partial charge in [0.1, 0.15) is 5.82 Å². The van der Waals surface area contributed by atoms with Gasteiger partial charge < -0.3 is 15.2 Å². The number of nitrogens with one attached hydrogen (secondary N) is 1. The maximum atomic E-state index is 12.7. The number of rotatable bonds is 4. The molecule has 1 amide bonds. The van der Waals surface area contributed by atoms with Crippen molar-refractivity contribution in [1.82, 2.24) is 5.32 Å². The number of carboxylic acid groups (broad SMARTS) is 1. The van der Waals surface area contributed by atoms with Gasteiger partial charge in [-0.15, -0.1) is 0 Å². The van der Waals surface area contributed by atoms with Crippen LogP contribution in [-0.4, -0.2) is 11.9 Å². The molecule has 0 heterocycles. The molecule has 0 aliphatic heterocycles. The maximum absolute atomic E-state index is 12.7. The third-order valence-corrected chi connectivity index (χ3v) is 3.45. The van der Waals surface area contributed by atoms with Crippen LogP contribution in [0.25, 0.3) is 0 Å². The van der Waals surface area contributed by atoms with Crippen LogP contribution >= 0.6 is 0 Å². The molecule has 0 fully saturated rings. The highest BCUT2D eigenvalue weighted by Gasteiger charge is 2.29. The zero-order chi connectivity index (χ0) is 14.5. The van der Waals surface area contributed by atoms with Crippen molar-refractivity contribution in [2.24, 2.45) is 11.8 Å². The number of carboxylic acids is 1. The lowest BCUT2D eigenvalue weighted by Gasteiger charge is -2.28. The Balaban J connectivity index is 1.95. The second-order valence-corrected chi connectivity index (χ2v) is 4.82. The molecule has 20 heavy (non-hydrogen) atoms. The summed E-state index contributed by atoms with van der Waals surface area (Å²) in [5.41, 5.74) is 0.760. The van der Waals surface area contributed by atoms with E-state index in [0.29, 0.717) is 12.8 Å². The predicted octanol–water partition coefficient (Wildman–Crippen LogP) is 0.774. The fourth-order valence-electron chi connectivity index (χ4n) is 2.29. The summed E-state index contributed by atoms with van der Waals surface area (Å²) in [4.78, 5) is 23.1. The van der Waals surface area contributed by atoms with E-state index in [4.69, 9.17) is 0 Å². The molecular formula is C15H15FNO3-. The number of aliphatic carboxylic acids is 1. The molecule has 0 saturated heterocycles. The first-order valence-corrected chi connectivity index (χ1v) is 6.46. The smallest absolute Gasteiger partial charge is 0.224 e. The second-order valence-electron chi connectivity index (χ2n) is 4.82. The second kappa shape index (κ2) is 6.32. The molecule has 1 aromatic carbocycles. The first kappa shape index (κ1) is 14.2. The van der Waals surface area contributed by atoms with Crippen LogP contribution in [0.5, 0.6) is 0 Å². The Bertz CT molecular complexity index is 524. The molecular weight excluding hydrogens is 261 g/mol. The molecule has 0 radical (unpaired) electrons. The van der Waals surface area contributed by atoms with Crippen molar-refractivity contribution in [1.29, 1.82) is 0 Å². The van der Waals surface area contributed by atoms with Gasteiger partial charge in [-0.3, -0.25) is 4.79 Å². The van der Waals surface area contributed by atoms with Crippen molar-refractivity contribution in [3.63, 3.8) is 0 Å². The number of benzene rings is 1. The summed E-state index contributed by atoms with van der Waals surface area (Å²) in [6, 6.07) is 5.78. The van der Waals surface area contributed by atoms with E-state index < -0.39 is 17.8 Å². The minimum Gasteiger partial charge on any atom is -0.550 e. The van der Waals surface area contributed by atoms with Gasteiger partial charge in [-0.1, -0.05) is 24.3 Å². The van der Waals surface area contributed by atoms with Gasteiger partial charge in [-0.2, -0.15) is 0 Å². The minimum atomic E-state index is -1.20. The average molecular weight is 276 g/mol. The highest BCUT2D eigenvalue weighted by molar-refractivity contribution is 5.84. The zero-order valence-electron chi connectivity index (χ0n) is 10.8. The van der Waals surface area contributed by atoms with Gasteiger partial charge in [0, 0.05) is 24.3 Å². The molecule has 2 rings (SSSR count). The minimum absolute atomic E-state index is 0.249. The molecule has 2 unspecified atom stereocenters. The van der Waals surface area contributed by atoms with Crippen molar-refractivity contribution < 1.29 is 19.1 Å². The SMILES string of the molecule is O=C([O-])C1CC=CCC1C(=O)NCc1ccc(F)cc1. The Morgan fingerprint density at radius 2 is 1.75 bits per heavy atom. The highest BCUT2D eigenvalue weighted by Crippen LogP contribution is 2.25. The fraction of sp³-hybridized carbons (Fsp3) is 0.333. The average Bonchev–Trinajstić information content (AvgIpc) is 2.46. The van der Waals surface area contributed by atoms with Crippen LogP contribution in [-0.2, 0) is 16.1 Å². The molecule has 0 saturated carbocycles. The summed E-state index contributed by atoms with van der Waals surface area (Å²) < 4.78 is 12.7. The lowest BCUT2D eigenvalue weighted by molar-refractivity contribution is -0.313. The van der Waals surface area contributed by atoms with Crippen LogP contribution in [0, 0.1) is 17.7 Å². The quantitative estimate of drug-likeness (QED) is 0.826. The molecule has 0 aromatic heterocycles. The molecule has 5 heteroatoms. The Labute approximate surface area is 116 Å². The van der Waals surface area contributed by atoms with E-state index in [1.807, 2.05) is 6.08 Å². The first-order chi connectivity index (χ1) is 9.58. The van der Waals surface area contributed by atoms with Gasteiger partial charge in [0.05, 0.1) is 0 Å². The lowest BCUT2D eigenvalue weighted by Crippen LogP contribution is -2.43. The fourth-order valence-corrected chi connectivity index (χ4v) is 2.29. The number of hydrogen-bond donors (Lipinski definition) is 1. The monoisotopic (exact) mass is 276 g/mol. The normalized spacial score (nSPS) is 21.4. The topological polar surface area (TPSA) is 69.2 Å². The van der Waals surface area contributed by atoms with Crippen LogP contribution < -0.4 is 10.4 Å². The maximum Gasteiger partial charge on any atom is 0.224 e. The number of hydrogen-bond acceptors (Lipinski definition) is 3. The van der Waals surface area contributed by atoms with Crippen LogP contribution in [0.2, 0.25) is 0 Å². The van der Waals surface area contributed by atoms with Crippen LogP contribution in [0.15, 0.2) is 36.4 Å². The molecule has 1 aromatic rings. The Kier molecular flexibility index (Phi) is 4.50. The van der Waals surface area contributed by atoms with E-state index in [0.717, 1.165) is 5.56 Å². The third-order valence-electron chi connectivity index (χ3n) is 3.45. The molecule has 106 valence electrons. The number of allylic oxidation sites excluding steroid dienone is 2. The van der Waals surface area contributed by atoms with Crippen molar-refractivity contribution in [3.8, 4) is 0 Å². The van der Waals surface area contributed by atoms with E-state index in [1.54, 1.807) is 18.2 Å². The highest BCUT2D eigenvalue weighted by atomic mass is 19.1. The summed E-state index contributed by atoms with van der Waals surface area (Å²) in [5.74, 6) is -3.24. The summed E-state index contributed by atoms with van der Waals surface area (Å²) in [7, 11) is 0. The van der Waals surface area contributed by atoms with Crippen LogP contribution in [0.1, 0.15) is 18.4 Å². The molecule has 1 N–H and O–H groups in total. The van der Waals surface area contributed by atoms with Gasteiger partial charge in [0.2, 0.25) is 5.91 Å². The van der Waals surface area contributed by atoms with Crippen molar-refractivity contribution in [2.75, 3.05) is 0 Å². The van der Waals surface area contributed by atoms with Crippen LogP contribution in [0.4, 0.5) is 4.39 Å². The van der Waals surface area contributed by atoms with Crippen molar-refractivity contribution >= 4 is 11.9 Å². The van der Waals surface area contributed by atoms with E-state index in [2.05, 4.69) is 5.32 Å². The van der Waals surface area contributed by atoms with Crippen LogP contribution in [0.3, 0.4) is 0 Å². The summed E-state index contributed by atoms with van der Waals surface area (Å²) in [5, 5.41) is 13.7. The number of carbonyl (C=O) groups excluding carboxylic acids is 2. The molecule has 0 bridgehead atoms. The predicted molar refractivity (Wildman–Crippen MR) is 68.6 cm³/mol. The van der Waals surface area contributed by atoms with E-state index >= 15 is 0 Å². The van der Waals surface area contributed by atoms with Gasteiger partial charge in [0.15, 0.2) is 0 Å². The van der Waals surface area contributed by atoms with Gasteiger partial charge in [-0.05, 0) is 30.5 Å². The Morgan fingerprint density at radius 1 is 1.15 bits per heavy atom. The zero-order valence-corrected chi connectivity index (χ0v) is 10.8. The van der Waals surface area contributed by atoms with E-state index in [9.17, 15) is 19.1 Å². The molecule has 1 aliphatic carbocycles. The van der Waals surface area contributed by atoms with E-state index in [1.165, 1.54) is 12.1 Å². The van der Waals surface area contributed by atoms with Gasteiger partial charge in [0.25, 0.3) is 0 Å². The number of halogens is 1. The molecule has 2 atom stereocenters. The molecule has 1 aliphatic rings.